The highest BCUT2D eigenvalue weighted by molar-refractivity contribution is 5.87. The quantitative estimate of drug-likeness (QED) is 0.283. The second-order valence-corrected chi connectivity index (χ2v) is 6.33. The maximum absolute atomic E-state index is 11.6. The molecule has 124 valence electrons. The first-order chi connectivity index (χ1) is 9.97. The molecule has 0 aliphatic heterocycles. The van der Waals surface area contributed by atoms with E-state index in [4.69, 9.17) is 4.74 Å². The van der Waals surface area contributed by atoms with Gasteiger partial charge >= 0.3 is 5.97 Å². The molecule has 0 radical (unpaired) electrons. The fourth-order valence-corrected chi connectivity index (χ4v) is 2.35. The third-order valence-electron chi connectivity index (χ3n) is 3.57. The Morgan fingerprint density at radius 1 is 1.05 bits per heavy atom. The molecule has 0 bridgehead atoms. The Balaban J connectivity index is 3.81. The van der Waals surface area contributed by atoms with Gasteiger partial charge in [0.15, 0.2) is 0 Å². The van der Waals surface area contributed by atoms with E-state index in [1.54, 1.807) is 6.92 Å². The normalized spacial score (nSPS) is 12.4. The van der Waals surface area contributed by atoms with Gasteiger partial charge in [0.1, 0.15) is 6.10 Å². The molecule has 0 aliphatic rings. The molecular weight excluding hydrogens is 262 g/mol. The molecule has 0 saturated heterocycles. The molecule has 0 heterocycles. The summed E-state index contributed by atoms with van der Waals surface area (Å²) < 4.78 is 5.50. The van der Waals surface area contributed by atoms with Crippen molar-refractivity contribution >= 4 is 5.97 Å². The van der Waals surface area contributed by atoms with Crippen molar-refractivity contribution in [2.45, 2.75) is 77.7 Å². The zero-order valence-corrected chi connectivity index (χ0v) is 14.6. The second kappa shape index (κ2) is 12.9. The van der Waals surface area contributed by atoms with Crippen LogP contribution in [0, 0.1) is 0 Å². The number of ether oxygens (including phenoxy) is 1. The fourth-order valence-electron chi connectivity index (χ4n) is 2.35. The number of carbonyl (C=O) groups excluding carboxylic acids is 1. The minimum absolute atomic E-state index is 0.00992. The summed E-state index contributed by atoms with van der Waals surface area (Å²) in [7, 11) is 4.02. The highest BCUT2D eigenvalue weighted by Gasteiger charge is 2.15. The van der Waals surface area contributed by atoms with E-state index >= 15 is 0 Å². The SMILES string of the molecule is C=C(C)C(=O)OC(CCCCCCCCCC)CN(C)C. The summed E-state index contributed by atoms with van der Waals surface area (Å²) in [5, 5.41) is 0. The monoisotopic (exact) mass is 297 g/mol. The van der Waals surface area contributed by atoms with E-state index in [0.717, 1.165) is 19.4 Å². The van der Waals surface area contributed by atoms with Crippen LogP contribution in [0.4, 0.5) is 0 Å². The first-order valence-electron chi connectivity index (χ1n) is 8.48. The van der Waals surface area contributed by atoms with Gasteiger partial charge in [0.05, 0.1) is 0 Å². The van der Waals surface area contributed by atoms with Crippen molar-refractivity contribution in [3.63, 3.8) is 0 Å². The molecular formula is C18H35NO2. The van der Waals surface area contributed by atoms with E-state index in [2.05, 4.69) is 18.4 Å². The fraction of sp³-hybridized carbons (Fsp3) is 0.833. The lowest BCUT2D eigenvalue weighted by atomic mass is 10.1. The number of rotatable bonds is 13. The smallest absolute Gasteiger partial charge is 0.333 e. The zero-order chi connectivity index (χ0) is 16.1. The van der Waals surface area contributed by atoms with E-state index in [0.29, 0.717) is 5.57 Å². The van der Waals surface area contributed by atoms with Crippen molar-refractivity contribution in [1.29, 1.82) is 0 Å². The summed E-state index contributed by atoms with van der Waals surface area (Å²) >= 11 is 0. The maximum Gasteiger partial charge on any atom is 0.333 e. The topological polar surface area (TPSA) is 29.5 Å². The molecule has 0 N–H and O–H groups in total. The number of nitrogens with zero attached hydrogens (tertiary/aromatic N) is 1. The Morgan fingerprint density at radius 3 is 2.05 bits per heavy atom. The number of unbranched alkanes of at least 4 members (excludes halogenated alkanes) is 7. The Hall–Kier alpha value is -0.830. The summed E-state index contributed by atoms with van der Waals surface area (Å²) in [6, 6.07) is 0. The Bertz CT molecular complexity index is 287. The van der Waals surface area contributed by atoms with Gasteiger partial charge in [0.25, 0.3) is 0 Å². The molecule has 3 nitrogen and oxygen atoms in total. The van der Waals surface area contributed by atoms with Crippen LogP contribution in [0.1, 0.15) is 71.6 Å². The minimum atomic E-state index is -0.263. The Labute approximate surface area is 131 Å². The molecule has 0 saturated carbocycles. The van der Waals surface area contributed by atoms with Crippen LogP contribution in [0.5, 0.6) is 0 Å². The van der Waals surface area contributed by atoms with Gasteiger partial charge in [-0.05, 0) is 33.9 Å². The van der Waals surface area contributed by atoms with E-state index in [9.17, 15) is 4.79 Å². The van der Waals surface area contributed by atoms with Gasteiger partial charge in [-0.2, -0.15) is 0 Å². The van der Waals surface area contributed by atoms with Gasteiger partial charge in [0.2, 0.25) is 0 Å². The number of likely N-dealkylation sites (N-methyl/N-ethyl adjacent to an activating group) is 1. The Morgan fingerprint density at radius 2 is 1.57 bits per heavy atom. The standard InChI is InChI=1S/C18H35NO2/c1-6-7-8-9-10-11-12-13-14-17(15-19(4)5)21-18(20)16(2)3/h17H,2,6-15H2,1,3-5H3. The summed E-state index contributed by atoms with van der Waals surface area (Å²) in [5.41, 5.74) is 0.481. The van der Waals surface area contributed by atoms with Crippen molar-refractivity contribution in [1.82, 2.24) is 4.90 Å². The van der Waals surface area contributed by atoms with E-state index in [1.807, 2.05) is 14.1 Å². The molecule has 0 amide bonds. The van der Waals surface area contributed by atoms with Gasteiger partial charge < -0.3 is 9.64 Å². The molecule has 0 aromatic carbocycles. The molecule has 1 unspecified atom stereocenters. The first kappa shape index (κ1) is 20.2. The van der Waals surface area contributed by atoms with Crippen LogP contribution < -0.4 is 0 Å². The minimum Gasteiger partial charge on any atom is -0.458 e. The molecule has 3 heteroatoms. The lowest BCUT2D eigenvalue weighted by Gasteiger charge is -2.21. The second-order valence-electron chi connectivity index (χ2n) is 6.33. The van der Waals surface area contributed by atoms with Crippen LogP contribution in [0.15, 0.2) is 12.2 Å². The summed E-state index contributed by atoms with van der Waals surface area (Å²) in [6.07, 6.45) is 11.3. The van der Waals surface area contributed by atoms with Crippen molar-refractivity contribution in [2.75, 3.05) is 20.6 Å². The van der Waals surface area contributed by atoms with Gasteiger partial charge in [0, 0.05) is 12.1 Å². The number of esters is 1. The predicted octanol–water partition coefficient (Wildman–Crippen LogP) is 4.57. The van der Waals surface area contributed by atoms with Crippen molar-refractivity contribution < 1.29 is 9.53 Å². The van der Waals surface area contributed by atoms with Crippen LogP contribution in [0.3, 0.4) is 0 Å². The summed E-state index contributed by atoms with van der Waals surface area (Å²) in [5.74, 6) is -0.263. The van der Waals surface area contributed by atoms with Crippen molar-refractivity contribution in [2.24, 2.45) is 0 Å². The maximum atomic E-state index is 11.6. The van der Waals surface area contributed by atoms with E-state index < -0.39 is 0 Å². The first-order valence-corrected chi connectivity index (χ1v) is 8.48. The van der Waals surface area contributed by atoms with Crippen LogP contribution >= 0.6 is 0 Å². The molecule has 1 atom stereocenters. The summed E-state index contributed by atoms with van der Waals surface area (Å²) in [4.78, 5) is 13.7. The number of carbonyl (C=O) groups is 1. The molecule has 0 aliphatic carbocycles. The van der Waals surface area contributed by atoms with E-state index in [-0.39, 0.29) is 12.1 Å². The molecule has 0 aromatic heterocycles. The highest BCUT2D eigenvalue weighted by atomic mass is 16.5. The van der Waals surface area contributed by atoms with Gasteiger partial charge in [-0.1, -0.05) is 58.4 Å². The van der Waals surface area contributed by atoms with Crippen LogP contribution in [0.2, 0.25) is 0 Å². The van der Waals surface area contributed by atoms with Crippen molar-refractivity contribution in [3.05, 3.63) is 12.2 Å². The van der Waals surface area contributed by atoms with Crippen LogP contribution in [-0.2, 0) is 9.53 Å². The van der Waals surface area contributed by atoms with Crippen molar-refractivity contribution in [3.8, 4) is 0 Å². The zero-order valence-electron chi connectivity index (χ0n) is 14.6. The highest BCUT2D eigenvalue weighted by Crippen LogP contribution is 2.13. The predicted molar refractivity (Wildman–Crippen MR) is 90.5 cm³/mol. The third kappa shape index (κ3) is 12.6. The Kier molecular flexibility index (Phi) is 12.4. The number of hydrogen-bond acceptors (Lipinski definition) is 3. The van der Waals surface area contributed by atoms with Gasteiger partial charge in [-0.15, -0.1) is 0 Å². The molecule has 0 spiro atoms. The average molecular weight is 297 g/mol. The lowest BCUT2D eigenvalue weighted by Crippen LogP contribution is -2.30. The molecule has 0 rings (SSSR count). The largest absolute Gasteiger partial charge is 0.458 e. The van der Waals surface area contributed by atoms with E-state index in [1.165, 1.54) is 44.9 Å². The van der Waals surface area contributed by atoms with Gasteiger partial charge in [-0.3, -0.25) is 0 Å². The van der Waals surface area contributed by atoms with Crippen LogP contribution in [0.25, 0.3) is 0 Å². The third-order valence-corrected chi connectivity index (χ3v) is 3.57. The molecule has 21 heavy (non-hydrogen) atoms. The number of hydrogen-bond donors (Lipinski definition) is 0. The van der Waals surface area contributed by atoms with Crippen LogP contribution in [-0.4, -0.2) is 37.6 Å². The average Bonchev–Trinajstić information content (AvgIpc) is 2.40. The van der Waals surface area contributed by atoms with Gasteiger partial charge in [-0.25, -0.2) is 4.79 Å². The summed E-state index contributed by atoms with van der Waals surface area (Å²) in [6.45, 7) is 8.38. The molecule has 0 aromatic rings. The lowest BCUT2D eigenvalue weighted by molar-refractivity contribution is -0.145. The molecule has 0 fully saturated rings.